The van der Waals surface area contributed by atoms with Crippen molar-refractivity contribution in [3.05, 3.63) is 101 Å². The van der Waals surface area contributed by atoms with Gasteiger partial charge in [-0.15, -0.1) is 0 Å². The minimum atomic E-state index is -5.29. The number of likely N-dealkylation sites (tertiary alicyclic amines) is 1. The average molecular weight is 550 g/mol. The Bertz CT molecular complexity index is 1340. The normalized spacial score (nSPS) is 18.0. The predicted molar refractivity (Wildman–Crippen MR) is 130 cm³/mol. The van der Waals surface area contributed by atoms with E-state index < -0.39 is 46.2 Å². The van der Waals surface area contributed by atoms with Gasteiger partial charge in [-0.25, -0.2) is 0 Å². The molecule has 1 atom stereocenters. The molecule has 1 aliphatic rings. The van der Waals surface area contributed by atoms with E-state index in [0.717, 1.165) is 7.11 Å². The van der Waals surface area contributed by atoms with E-state index in [0.29, 0.717) is 30.2 Å². The summed E-state index contributed by atoms with van der Waals surface area (Å²) in [6.07, 6.45) is -9.71. The maximum Gasteiger partial charge on any atom is 0.417 e. The summed E-state index contributed by atoms with van der Waals surface area (Å²) in [7, 11) is 0.889. The van der Waals surface area contributed by atoms with Gasteiger partial charge in [0.1, 0.15) is 5.75 Å². The van der Waals surface area contributed by atoms with Gasteiger partial charge in [0.25, 0.3) is 11.8 Å². The second-order valence-electron chi connectivity index (χ2n) is 9.20. The number of hydrogen-bond donors (Lipinski definition) is 1. The van der Waals surface area contributed by atoms with E-state index in [-0.39, 0.29) is 24.9 Å². The van der Waals surface area contributed by atoms with E-state index in [1.54, 1.807) is 60.7 Å². The Balaban J connectivity index is 1.79. The highest BCUT2D eigenvalue weighted by molar-refractivity contribution is 5.99. The molecule has 1 aliphatic heterocycles. The van der Waals surface area contributed by atoms with Crippen molar-refractivity contribution >= 4 is 11.8 Å². The van der Waals surface area contributed by atoms with E-state index in [9.17, 15) is 35.9 Å². The lowest BCUT2D eigenvalue weighted by molar-refractivity contribution is -0.143. The molecule has 3 aromatic rings. The van der Waals surface area contributed by atoms with Gasteiger partial charge in [-0.1, -0.05) is 48.5 Å². The van der Waals surface area contributed by atoms with Gasteiger partial charge in [-0.05, 0) is 42.7 Å². The molecule has 1 fully saturated rings. The molecule has 1 N–H and O–H groups in total. The fourth-order valence-electron chi connectivity index (χ4n) is 4.84. The molecule has 0 spiro atoms. The summed E-state index contributed by atoms with van der Waals surface area (Å²) >= 11 is 0. The van der Waals surface area contributed by atoms with Crippen LogP contribution in [0.2, 0.25) is 0 Å². The van der Waals surface area contributed by atoms with Gasteiger partial charge in [0.2, 0.25) is 0 Å². The number of rotatable bonds is 5. The number of benzene rings is 3. The van der Waals surface area contributed by atoms with Crippen LogP contribution in [0, 0.1) is 0 Å². The van der Waals surface area contributed by atoms with Gasteiger partial charge in [0, 0.05) is 18.7 Å². The molecule has 0 bridgehead atoms. The lowest BCUT2D eigenvalue weighted by Gasteiger charge is -2.44. The molecule has 206 valence electrons. The van der Waals surface area contributed by atoms with Crippen LogP contribution in [0.5, 0.6) is 5.75 Å². The van der Waals surface area contributed by atoms with Crippen molar-refractivity contribution in [2.24, 2.45) is 0 Å². The fraction of sp³-hybridized carbons (Fsp3) is 0.286. The molecule has 0 saturated carbocycles. The second kappa shape index (κ2) is 10.6. The lowest BCUT2D eigenvalue weighted by atomic mass is 9.81. The highest BCUT2D eigenvalue weighted by Crippen LogP contribution is 2.42. The van der Waals surface area contributed by atoms with Gasteiger partial charge in [0.05, 0.1) is 29.3 Å². The Morgan fingerprint density at radius 2 is 1.51 bits per heavy atom. The highest BCUT2D eigenvalue weighted by atomic mass is 19.4. The topological polar surface area (TPSA) is 58.6 Å². The number of amides is 2. The van der Waals surface area contributed by atoms with Crippen LogP contribution in [-0.2, 0) is 17.9 Å². The van der Waals surface area contributed by atoms with E-state index >= 15 is 0 Å². The quantitative estimate of drug-likeness (QED) is 0.380. The number of nitrogens with one attached hydrogen (secondary N) is 1. The molecule has 3 aromatic carbocycles. The van der Waals surface area contributed by atoms with Crippen LogP contribution in [0.4, 0.5) is 26.3 Å². The third-order valence-corrected chi connectivity index (χ3v) is 6.66. The first kappa shape index (κ1) is 28.0. The summed E-state index contributed by atoms with van der Waals surface area (Å²) < 4.78 is 86.9. The molecule has 2 amide bonds. The number of alkyl halides is 6. The summed E-state index contributed by atoms with van der Waals surface area (Å²) in [5.41, 5.74) is -4.83. The monoisotopic (exact) mass is 550 g/mol. The van der Waals surface area contributed by atoms with Crippen LogP contribution in [0.15, 0.2) is 72.8 Å². The van der Waals surface area contributed by atoms with E-state index in [2.05, 4.69) is 5.32 Å². The number of methoxy groups -OCH3 is 1. The molecule has 5 nitrogen and oxygen atoms in total. The van der Waals surface area contributed by atoms with Crippen molar-refractivity contribution in [1.82, 2.24) is 10.2 Å². The SMILES string of the molecule is COc1cc(C(F)(F)F)cc(C(F)(F)F)c1C(=O)NC1(c2ccccc2)CCCN(C(=O)c2ccccc2)C1. The summed E-state index contributed by atoms with van der Waals surface area (Å²) in [6.45, 7) is 0.274. The van der Waals surface area contributed by atoms with Crippen LogP contribution in [-0.4, -0.2) is 36.9 Å². The van der Waals surface area contributed by atoms with Crippen molar-refractivity contribution in [2.45, 2.75) is 30.7 Å². The van der Waals surface area contributed by atoms with Crippen LogP contribution in [0.1, 0.15) is 50.2 Å². The van der Waals surface area contributed by atoms with Crippen molar-refractivity contribution in [3.8, 4) is 5.75 Å². The zero-order chi connectivity index (χ0) is 28.4. The van der Waals surface area contributed by atoms with E-state index in [1.165, 1.54) is 4.90 Å². The Morgan fingerprint density at radius 1 is 0.897 bits per heavy atom. The minimum Gasteiger partial charge on any atom is -0.496 e. The van der Waals surface area contributed by atoms with Crippen molar-refractivity contribution < 1.29 is 40.7 Å². The lowest BCUT2D eigenvalue weighted by Crippen LogP contribution is -2.57. The maximum atomic E-state index is 14.0. The number of carbonyl (C=O) groups excluding carboxylic acids is 2. The summed E-state index contributed by atoms with van der Waals surface area (Å²) in [6, 6.07) is 17.1. The first-order valence-electron chi connectivity index (χ1n) is 11.9. The molecule has 1 saturated heterocycles. The van der Waals surface area contributed by atoms with Gasteiger partial charge in [-0.2, -0.15) is 26.3 Å². The third-order valence-electron chi connectivity index (χ3n) is 6.66. The minimum absolute atomic E-state index is 0.0687. The predicted octanol–water partition coefficient (Wildman–Crippen LogP) is 6.29. The van der Waals surface area contributed by atoms with E-state index in [4.69, 9.17) is 4.74 Å². The molecular weight excluding hydrogens is 526 g/mol. The Morgan fingerprint density at radius 3 is 2.08 bits per heavy atom. The molecule has 4 rings (SSSR count). The number of nitrogens with zero attached hydrogens (tertiary/aromatic N) is 1. The molecule has 1 heterocycles. The Labute approximate surface area is 220 Å². The third kappa shape index (κ3) is 5.86. The number of halogens is 6. The summed E-state index contributed by atoms with van der Waals surface area (Å²) in [4.78, 5) is 28.3. The van der Waals surface area contributed by atoms with Crippen molar-refractivity contribution in [2.75, 3.05) is 20.2 Å². The molecule has 0 radical (unpaired) electrons. The molecule has 11 heteroatoms. The standard InChI is InChI=1S/C28H24F6N2O3/c1-39-22-16-20(27(29,30)31)15-21(28(32,33)34)23(22)24(37)35-26(19-11-6-3-7-12-19)13-8-14-36(17-26)25(38)18-9-4-2-5-10-18/h2-7,9-12,15-16H,8,13-14,17H2,1H3,(H,35,37). The van der Waals surface area contributed by atoms with Crippen molar-refractivity contribution in [1.29, 1.82) is 0 Å². The Kier molecular flexibility index (Phi) is 7.63. The maximum absolute atomic E-state index is 14.0. The van der Waals surface area contributed by atoms with Gasteiger partial charge in [0.15, 0.2) is 0 Å². The number of hydrogen-bond acceptors (Lipinski definition) is 3. The van der Waals surface area contributed by atoms with Crippen LogP contribution in [0.3, 0.4) is 0 Å². The highest BCUT2D eigenvalue weighted by Gasteiger charge is 2.45. The fourth-order valence-corrected chi connectivity index (χ4v) is 4.84. The van der Waals surface area contributed by atoms with Crippen LogP contribution < -0.4 is 10.1 Å². The number of piperidine rings is 1. The van der Waals surface area contributed by atoms with Crippen LogP contribution in [0.25, 0.3) is 0 Å². The first-order valence-corrected chi connectivity index (χ1v) is 11.9. The summed E-state index contributed by atoms with van der Waals surface area (Å²) in [5.74, 6) is -2.47. The molecule has 0 aromatic heterocycles. The molecule has 39 heavy (non-hydrogen) atoms. The second-order valence-corrected chi connectivity index (χ2v) is 9.20. The van der Waals surface area contributed by atoms with Crippen LogP contribution >= 0.6 is 0 Å². The molecule has 1 unspecified atom stereocenters. The smallest absolute Gasteiger partial charge is 0.417 e. The zero-order valence-corrected chi connectivity index (χ0v) is 20.7. The molecular formula is C28H24F6N2O3. The Hall–Kier alpha value is -4.02. The van der Waals surface area contributed by atoms with E-state index in [1.807, 2.05) is 0 Å². The van der Waals surface area contributed by atoms with Gasteiger partial charge in [-0.3, -0.25) is 9.59 Å². The molecule has 0 aliphatic carbocycles. The zero-order valence-electron chi connectivity index (χ0n) is 20.7. The number of carbonyl (C=O) groups is 2. The number of ether oxygens (including phenoxy) is 1. The average Bonchev–Trinajstić information content (AvgIpc) is 2.92. The van der Waals surface area contributed by atoms with Crippen molar-refractivity contribution in [3.63, 3.8) is 0 Å². The summed E-state index contributed by atoms with van der Waals surface area (Å²) in [5, 5.41) is 2.65. The largest absolute Gasteiger partial charge is 0.496 e. The van der Waals surface area contributed by atoms with Gasteiger partial charge < -0.3 is 15.0 Å². The van der Waals surface area contributed by atoms with Gasteiger partial charge >= 0.3 is 12.4 Å². The first-order chi connectivity index (χ1) is 18.4.